The van der Waals surface area contributed by atoms with Crippen LogP contribution in [0.2, 0.25) is 0 Å². The van der Waals surface area contributed by atoms with Gasteiger partial charge in [0.15, 0.2) is 11.5 Å². The number of carbonyl (C=O) groups excluding carboxylic acids is 3. The van der Waals surface area contributed by atoms with E-state index < -0.39 is 36.2 Å². The van der Waals surface area contributed by atoms with Crippen LogP contribution in [-0.4, -0.2) is 49.2 Å². The predicted octanol–water partition coefficient (Wildman–Crippen LogP) is 1.96. The van der Waals surface area contributed by atoms with Crippen molar-refractivity contribution in [3.05, 3.63) is 54.1 Å². The van der Waals surface area contributed by atoms with Gasteiger partial charge in [-0.25, -0.2) is 4.79 Å². The van der Waals surface area contributed by atoms with Gasteiger partial charge in [-0.05, 0) is 43.3 Å². The molecular weight excluding hydrogens is 454 g/mol. The van der Waals surface area contributed by atoms with Crippen molar-refractivity contribution >= 4 is 29.4 Å². The van der Waals surface area contributed by atoms with Crippen LogP contribution in [0.15, 0.2) is 48.5 Å². The minimum atomic E-state index is -0.901. The fourth-order valence-electron chi connectivity index (χ4n) is 3.27. The van der Waals surface area contributed by atoms with E-state index in [0.717, 1.165) is 0 Å². The standard InChI is InChI=1S/C24H29N5O6/c1-3-33-20(30)12-17(23-34-18-6-4-5-7-19(18)35-23)29-22(31)14(2)13-27-24(32)28-16-10-8-15(9-11-16)21(25)26/h4-11,14,17,23H,3,12-13H2,1-2H3,(H3,25,26)(H,29,31)(H2,27,28,32). The monoisotopic (exact) mass is 483 g/mol. The van der Waals surface area contributed by atoms with Crippen LogP contribution in [0.5, 0.6) is 11.5 Å². The average Bonchev–Trinajstić information content (AvgIpc) is 3.27. The molecule has 35 heavy (non-hydrogen) atoms. The van der Waals surface area contributed by atoms with E-state index in [1.54, 1.807) is 62.4 Å². The Hall–Kier alpha value is -4.28. The van der Waals surface area contributed by atoms with Crippen molar-refractivity contribution in [1.82, 2.24) is 10.6 Å². The van der Waals surface area contributed by atoms with Gasteiger partial charge in [-0.2, -0.15) is 0 Å². The molecule has 0 aromatic heterocycles. The van der Waals surface area contributed by atoms with Crippen molar-refractivity contribution < 1.29 is 28.6 Å². The second-order valence-electron chi connectivity index (χ2n) is 7.90. The molecule has 11 heteroatoms. The van der Waals surface area contributed by atoms with Crippen LogP contribution in [-0.2, 0) is 14.3 Å². The highest BCUT2D eigenvalue weighted by molar-refractivity contribution is 5.96. The lowest BCUT2D eigenvalue weighted by Gasteiger charge is -2.24. The van der Waals surface area contributed by atoms with Crippen LogP contribution in [0.25, 0.3) is 0 Å². The largest absolute Gasteiger partial charge is 0.466 e. The van der Waals surface area contributed by atoms with Crippen LogP contribution in [0.3, 0.4) is 0 Å². The van der Waals surface area contributed by atoms with E-state index in [0.29, 0.717) is 22.7 Å². The molecule has 6 N–H and O–H groups in total. The number of fused-ring (bicyclic) bond motifs is 1. The van der Waals surface area contributed by atoms with Gasteiger partial charge in [0.25, 0.3) is 6.29 Å². The van der Waals surface area contributed by atoms with Crippen LogP contribution in [0.4, 0.5) is 10.5 Å². The lowest BCUT2D eigenvalue weighted by molar-refractivity contribution is -0.145. The second-order valence-corrected chi connectivity index (χ2v) is 7.90. The zero-order valence-electron chi connectivity index (χ0n) is 19.5. The number of anilines is 1. The first-order valence-electron chi connectivity index (χ1n) is 11.1. The summed E-state index contributed by atoms with van der Waals surface area (Å²) >= 11 is 0. The Labute approximate surface area is 202 Å². The number of amidine groups is 1. The number of hydrogen-bond donors (Lipinski definition) is 5. The van der Waals surface area contributed by atoms with Crippen molar-refractivity contribution in [2.75, 3.05) is 18.5 Å². The molecule has 11 nitrogen and oxygen atoms in total. The molecule has 2 unspecified atom stereocenters. The number of nitrogens with one attached hydrogen (secondary N) is 4. The van der Waals surface area contributed by atoms with Crippen LogP contribution < -0.4 is 31.2 Å². The number of rotatable bonds is 10. The maximum Gasteiger partial charge on any atom is 0.319 e. The molecule has 0 spiro atoms. The number of benzene rings is 2. The molecule has 1 aliphatic heterocycles. The zero-order chi connectivity index (χ0) is 25.4. The van der Waals surface area contributed by atoms with Crippen LogP contribution in [0.1, 0.15) is 25.8 Å². The highest BCUT2D eigenvalue weighted by atomic mass is 16.7. The van der Waals surface area contributed by atoms with E-state index in [2.05, 4.69) is 16.0 Å². The smallest absolute Gasteiger partial charge is 0.319 e. The molecule has 0 bridgehead atoms. The van der Waals surface area contributed by atoms with Crippen molar-refractivity contribution in [3.8, 4) is 11.5 Å². The molecule has 2 aromatic rings. The molecule has 0 fully saturated rings. The molecule has 1 heterocycles. The number of amides is 3. The summed E-state index contributed by atoms with van der Waals surface area (Å²) < 4.78 is 16.6. The molecule has 0 saturated carbocycles. The topological polar surface area (TPSA) is 165 Å². The normalized spacial score (nSPS) is 13.9. The van der Waals surface area contributed by atoms with Gasteiger partial charge in [-0.3, -0.25) is 15.0 Å². The summed E-state index contributed by atoms with van der Waals surface area (Å²) in [5, 5.41) is 15.5. The molecule has 2 atom stereocenters. The summed E-state index contributed by atoms with van der Waals surface area (Å²) in [6, 6.07) is 12.2. The Kier molecular flexibility index (Phi) is 8.49. The van der Waals surface area contributed by atoms with E-state index in [-0.39, 0.29) is 25.4 Å². The number of urea groups is 1. The summed E-state index contributed by atoms with van der Waals surface area (Å²) in [4.78, 5) is 37.1. The van der Waals surface area contributed by atoms with Gasteiger partial charge in [0, 0.05) is 17.8 Å². The van der Waals surface area contributed by atoms with E-state index in [1.165, 1.54) is 0 Å². The Balaban J connectivity index is 1.53. The number of esters is 1. The van der Waals surface area contributed by atoms with Gasteiger partial charge in [0.05, 0.1) is 18.9 Å². The summed E-state index contributed by atoms with van der Waals surface area (Å²) in [6.45, 7) is 3.59. The van der Waals surface area contributed by atoms with Gasteiger partial charge in [0.1, 0.15) is 11.9 Å². The van der Waals surface area contributed by atoms with Gasteiger partial charge in [0.2, 0.25) is 5.91 Å². The number of nitrogen functional groups attached to an aromatic ring is 1. The summed E-state index contributed by atoms with van der Waals surface area (Å²) in [6.07, 6.45) is -1.04. The van der Waals surface area contributed by atoms with E-state index in [1.807, 2.05) is 0 Å². The fourth-order valence-corrected chi connectivity index (χ4v) is 3.27. The van der Waals surface area contributed by atoms with Gasteiger partial charge >= 0.3 is 12.0 Å². The number of para-hydroxylation sites is 2. The van der Waals surface area contributed by atoms with Crippen molar-refractivity contribution in [3.63, 3.8) is 0 Å². The first-order chi connectivity index (χ1) is 16.8. The minimum Gasteiger partial charge on any atom is -0.466 e. The summed E-state index contributed by atoms with van der Waals surface area (Å²) in [7, 11) is 0. The van der Waals surface area contributed by atoms with Crippen LogP contribution >= 0.6 is 0 Å². The fraction of sp³-hybridized carbons (Fsp3) is 0.333. The second kappa shape index (κ2) is 11.7. The Morgan fingerprint density at radius 2 is 1.71 bits per heavy atom. The van der Waals surface area contributed by atoms with E-state index in [9.17, 15) is 14.4 Å². The first kappa shape index (κ1) is 25.3. The lowest BCUT2D eigenvalue weighted by atomic mass is 10.1. The van der Waals surface area contributed by atoms with Crippen molar-refractivity contribution in [1.29, 1.82) is 5.41 Å². The third-order valence-electron chi connectivity index (χ3n) is 5.15. The summed E-state index contributed by atoms with van der Waals surface area (Å²) in [5.74, 6) is -0.546. The Morgan fingerprint density at radius 1 is 1.09 bits per heavy atom. The third kappa shape index (κ3) is 7.10. The Bertz CT molecular complexity index is 1050. The minimum absolute atomic E-state index is 0.0436. The lowest BCUT2D eigenvalue weighted by Crippen LogP contribution is -2.51. The maximum absolute atomic E-state index is 12.8. The molecule has 3 amide bonds. The van der Waals surface area contributed by atoms with Crippen molar-refractivity contribution in [2.45, 2.75) is 32.6 Å². The average molecular weight is 484 g/mol. The third-order valence-corrected chi connectivity index (χ3v) is 5.15. The number of carbonyl (C=O) groups is 3. The predicted molar refractivity (Wildman–Crippen MR) is 128 cm³/mol. The van der Waals surface area contributed by atoms with E-state index >= 15 is 0 Å². The van der Waals surface area contributed by atoms with Gasteiger partial charge in [-0.1, -0.05) is 19.1 Å². The molecular formula is C24H29N5O6. The van der Waals surface area contributed by atoms with Gasteiger partial charge in [-0.15, -0.1) is 0 Å². The SMILES string of the molecule is CCOC(=O)CC(NC(=O)C(C)CNC(=O)Nc1ccc(C(=N)N)cc1)C1Oc2ccccc2O1. The number of nitrogens with two attached hydrogens (primary N) is 1. The molecule has 186 valence electrons. The van der Waals surface area contributed by atoms with Crippen LogP contribution in [0, 0.1) is 11.3 Å². The molecule has 2 aromatic carbocycles. The molecule has 0 aliphatic carbocycles. The number of ether oxygens (including phenoxy) is 3. The number of hydrogen-bond acceptors (Lipinski definition) is 7. The molecule has 1 aliphatic rings. The Morgan fingerprint density at radius 3 is 2.29 bits per heavy atom. The highest BCUT2D eigenvalue weighted by Crippen LogP contribution is 2.35. The maximum atomic E-state index is 12.8. The van der Waals surface area contributed by atoms with Gasteiger partial charge < -0.3 is 35.9 Å². The highest BCUT2D eigenvalue weighted by Gasteiger charge is 2.35. The summed E-state index contributed by atoms with van der Waals surface area (Å²) in [5.41, 5.74) is 6.46. The van der Waals surface area contributed by atoms with E-state index in [4.69, 9.17) is 25.4 Å². The molecule has 0 saturated heterocycles. The molecule has 3 rings (SSSR count). The van der Waals surface area contributed by atoms with Crippen molar-refractivity contribution in [2.24, 2.45) is 11.7 Å². The quantitative estimate of drug-likeness (QED) is 0.196. The zero-order valence-corrected chi connectivity index (χ0v) is 19.5. The molecule has 0 radical (unpaired) electrons. The first-order valence-corrected chi connectivity index (χ1v) is 11.1.